The lowest BCUT2D eigenvalue weighted by atomic mass is 10.2. The molecule has 0 bridgehead atoms. The zero-order chi connectivity index (χ0) is 16.3. The number of carbonyl (C=O) groups excluding carboxylic acids is 1. The van der Waals surface area contributed by atoms with Gasteiger partial charge in [-0.25, -0.2) is 12.7 Å². The van der Waals surface area contributed by atoms with Gasteiger partial charge in [0.1, 0.15) is 0 Å². The van der Waals surface area contributed by atoms with E-state index < -0.39 is 15.9 Å². The number of thiophene rings is 1. The van der Waals surface area contributed by atoms with Crippen LogP contribution < -0.4 is 5.32 Å². The molecule has 1 N–H and O–H groups in total. The first-order valence-electron chi connectivity index (χ1n) is 6.17. The van der Waals surface area contributed by atoms with Crippen LogP contribution in [0, 0.1) is 11.3 Å². The molecular formula is C14H13N3O3S2. The van der Waals surface area contributed by atoms with Crippen molar-refractivity contribution in [2.75, 3.05) is 19.4 Å². The Hall–Kier alpha value is -2.21. The van der Waals surface area contributed by atoms with Crippen LogP contribution in [-0.4, -0.2) is 32.7 Å². The van der Waals surface area contributed by atoms with Gasteiger partial charge in [-0.3, -0.25) is 4.79 Å². The summed E-state index contributed by atoms with van der Waals surface area (Å²) in [6, 6.07) is 9.74. The lowest BCUT2D eigenvalue weighted by molar-refractivity contribution is 0.103. The van der Waals surface area contributed by atoms with Gasteiger partial charge < -0.3 is 5.32 Å². The quantitative estimate of drug-likeness (QED) is 0.926. The van der Waals surface area contributed by atoms with Gasteiger partial charge in [0.2, 0.25) is 10.0 Å². The average Bonchev–Trinajstić information content (AvgIpc) is 2.98. The first-order chi connectivity index (χ1) is 10.3. The average molecular weight is 335 g/mol. The highest BCUT2D eigenvalue weighted by Gasteiger charge is 2.21. The van der Waals surface area contributed by atoms with Gasteiger partial charge in [0, 0.05) is 25.2 Å². The van der Waals surface area contributed by atoms with Gasteiger partial charge in [0.25, 0.3) is 5.91 Å². The van der Waals surface area contributed by atoms with Gasteiger partial charge >= 0.3 is 0 Å². The minimum atomic E-state index is -3.54. The summed E-state index contributed by atoms with van der Waals surface area (Å²) >= 11 is 1.06. The Morgan fingerprint density at radius 3 is 2.45 bits per heavy atom. The maximum absolute atomic E-state index is 12.1. The summed E-state index contributed by atoms with van der Waals surface area (Å²) < 4.78 is 25.0. The predicted molar refractivity (Wildman–Crippen MR) is 84.3 cm³/mol. The molecule has 1 heterocycles. The summed E-state index contributed by atoms with van der Waals surface area (Å²) in [5.74, 6) is -0.394. The molecule has 0 atom stereocenters. The van der Waals surface area contributed by atoms with Crippen molar-refractivity contribution in [3.8, 4) is 6.07 Å². The number of hydrogen-bond donors (Lipinski definition) is 1. The lowest BCUT2D eigenvalue weighted by Gasteiger charge is -2.08. The zero-order valence-electron chi connectivity index (χ0n) is 11.9. The lowest BCUT2D eigenvalue weighted by Crippen LogP contribution is -2.21. The second-order valence-corrected chi connectivity index (χ2v) is 7.64. The summed E-state index contributed by atoms with van der Waals surface area (Å²) in [7, 11) is -0.676. The third-order valence-electron chi connectivity index (χ3n) is 2.85. The van der Waals surface area contributed by atoms with Gasteiger partial charge in [-0.15, -0.1) is 11.3 Å². The molecule has 2 rings (SSSR count). The molecule has 6 nitrogen and oxygen atoms in total. The van der Waals surface area contributed by atoms with Crippen molar-refractivity contribution >= 4 is 33.0 Å². The van der Waals surface area contributed by atoms with E-state index in [1.807, 2.05) is 6.07 Å². The topological polar surface area (TPSA) is 90.3 Å². The molecule has 8 heteroatoms. The van der Waals surface area contributed by atoms with Crippen LogP contribution in [0.4, 0.5) is 5.69 Å². The Labute approximate surface area is 132 Å². The summed E-state index contributed by atoms with van der Waals surface area (Å²) in [5.41, 5.74) is 1.03. The Kier molecular flexibility index (Phi) is 4.61. The summed E-state index contributed by atoms with van der Waals surface area (Å²) in [6.45, 7) is 0. The molecular weight excluding hydrogens is 322 g/mol. The van der Waals surface area contributed by atoms with E-state index in [1.54, 1.807) is 24.3 Å². The van der Waals surface area contributed by atoms with Crippen molar-refractivity contribution < 1.29 is 13.2 Å². The maximum Gasteiger partial charge on any atom is 0.265 e. The molecule has 1 aromatic heterocycles. The molecule has 0 unspecified atom stereocenters. The van der Waals surface area contributed by atoms with Crippen LogP contribution in [0.5, 0.6) is 0 Å². The first kappa shape index (κ1) is 16.2. The fourth-order valence-electron chi connectivity index (χ4n) is 1.60. The molecule has 2 aromatic rings. The number of amides is 1. The zero-order valence-corrected chi connectivity index (χ0v) is 13.5. The van der Waals surface area contributed by atoms with Crippen LogP contribution in [0.3, 0.4) is 0 Å². The smallest absolute Gasteiger partial charge is 0.265 e. The van der Waals surface area contributed by atoms with Gasteiger partial charge in [-0.2, -0.15) is 5.26 Å². The summed E-state index contributed by atoms with van der Waals surface area (Å²) in [4.78, 5) is 12.5. The second kappa shape index (κ2) is 6.27. The largest absolute Gasteiger partial charge is 0.321 e. The number of hydrogen-bond acceptors (Lipinski definition) is 5. The van der Waals surface area contributed by atoms with Crippen LogP contribution in [0.15, 0.2) is 40.6 Å². The number of benzene rings is 1. The highest BCUT2D eigenvalue weighted by molar-refractivity contribution is 7.89. The van der Waals surface area contributed by atoms with Crippen LogP contribution in [-0.2, 0) is 10.0 Å². The van der Waals surface area contributed by atoms with Crippen LogP contribution in [0.2, 0.25) is 0 Å². The Morgan fingerprint density at radius 1 is 1.27 bits per heavy atom. The van der Waals surface area contributed by atoms with Crippen molar-refractivity contribution in [1.29, 1.82) is 5.26 Å². The van der Waals surface area contributed by atoms with Crippen LogP contribution in [0.1, 0.15) is 15.2 Å². The van der Waals surface area contributed by atoms with Crippen molar-refractivity contribution in [2.24, 2.45) is 0 Å². The Bertz CT molecular complexity index is 831. The molecule has 0 aliphatic rings. The normalized spacial score (nSPS) is 11.2. The first-order valence-corrected chi connectivity index (χ1v) is 8.49. The molecule has 0 fully saturated rings. The molecule has 0 saturated carbocycles. The van der Waals surface area contributed by atoms with Crippen LogP contribution in [0.25, 0.3) is 0 Å². The fraction of sp³-hybridized carbons (Fsp3) is 0.143. The SMILES string of the molecule is CN(C)S(=O)(=O)c1csc(C(=O)Nc2ccc(C#N)cc2)c1. The molecule has 22 heavy (non-hydrogen) atoms. The van der Waals surface area contributed by atoms with Gasteiger partial charge in [-0.05, 0) is 30.3 Å². The standard InChI is InChI=1S/C14H13N3O3S2/c1-17(2)22(19,20)12-7-13(21-9-12)14(18)16-11-5-3-10(8-15)4-6-11/h3-7,9H,1-2H3,(H,16,18). The number of rotatable bonds is 4. The number of anilines is 1. The van der Waals surface area contributed by atoms with Crippen molar-refractivity contribution in [2.45, 2.75) is 4.90 Å². The highest BCUT2D eigenvalue weighted by Crippen LogP contribution is 2.22. The number of sulfonamides is 1. The van der Waals surface area contributed by atoms with Gasteiger partial charge in [0.15, 0.2) is 0 Å². The van der Waals surface area contributed by atoms with Crippen molar-refractivity contribution in [3.63, 3.8) is 0 Å². The van der Waals surface area contributed by atoms with E-state index >= 15 is 0 Å². The van der Waals surface area contributed by atoms with E-state index in [-0.39, 0.29) is 4.90 Å². The summed E-state index contributed by atoms with van der Waals surface area (Å²) in [6.07, 6.45) is 0. The van der Waals surface area contributed by atoms with Crippen molar-refractivity contribution in [3.05, 3.63) is 46.2 Å². The fourth-order valence-corrected chi connectivity index (χ4v) is 3.66. The molecule has 0 aliphatic heterocycles. The monoisotopic (exact) mass is 335 g/mol. The Morgan fingerprint density at radius 2 is 1.91 bits per heavy atom. The number of carbonyl (C=O) groups is 1. The molecule has 0 radical (unpaired) electrons. The van der Waals surface area contributed by atoms with E-state index in [1.165, 1.54) is 25.5 Å². The van der Waals surface area contributed by atoms with E-state index in [0.29, 0.717) is 16.1 Å². The molecule has 0 spiro atoms. The van der Waals surface area contributed by atoms with E-state index in [9.17, 15) is 13.2 Å². The number of nitrogens with zero attached hydrogens (tertiary/aromatic N) is 2. The van der Waals surface area contributed by atoms with Gasteiger partial charge in [-0.1, -0.05) is 0 Å². The predicted octanol–water partition coefficient (Wildman–Crippen LogP) is 2.12. The molecule has 0 saturated heterocycles. The molecule has 1 aromatic carbocycles. The minimum absolute atomic E-state index is 0.0903. The number of nitriles is 1. The Balaban J connectivity index is 2.17. The molecule has 0 aliphatic carbocycles. The van der Waals surface area contributed by atoms with Gasteiger partial charge in [0.05, 0.1) is 21.4 Å². The highest BCUT2D eigenvalue weighted by atomic mass is 32.2. The third-order valence-corrected chi connectivity index (χ3v) is 5.72. The summed E-state index contributed by atoms with van der Waals surface area (Å²) in [5, 5.41) is 12.8. The molecule has 114 valence electrons. The van der Waals surface area contributed by atoms with E-state index in [4.69, 9.17) is 5.26 Å². The van der Waals surface area contributed by atoms with Crippen LogP contribution >= 0.6 is 11.3 Å². The maximum atomic E-state index is 12.1. The van der Waals surface area contributed by atoms with E-state index in [0.717, 1.165) is 15.6 Å². The van der Waals surface area contributed by atoms with E-state index in [2.05, 4.69) is 5.32 Å². The minimum Gasteiger partial charge on any atom is -0.321 e. The third kappa shape index (κ3) is 3.33. The van der Waals surface area contributed by atoms with Crippen molar-refractivity contribution in [1.82, 2.24) is 4.31 Å². The second-order valence-electron chi connectivity index (χ2n) is 4.58. The molecule has 1 amide bonds. The number of nitrogens with one attached hydrogen (secondary N) is 1.